The molecule has 0 rings (SSSR count). The first-order valence-corrected chi connectivity index (χ1v) is 7.21. The van der Waals surface area contributed by atoms with E-state index in [1.165, 1.54) is 0 Å². The number of rotatable bonds is 9. The molecule has 0 aromatic heterocycles. The number of nitrogens with two attached hydrogens (primary N) is 2. The Balaban J connectivity index is 5.41. The minimum absolute atomic E-state index is 0.0446. The molecule has 6 nitrogen and oxygen atoms in total. The minimum Gasteiger partial charge on any atom is -0.480 e. The van der Waals surface area contributed by atoms with Crippen LogP contribution in [0.3, 0.4) is 0 Å². The van der Waals surface area contributed by atoms with Gasteiger partial charge >= 0.3 is 5.97 Å². The van der Waals surface area contributed by atoms with Crippen LogP contribution in [0.4, 0.5) is 0 Å². The number of nitrogens with one attached hydrogen (secondary N) is 1. The second-order valence-electron chi connectivity index (χ2n) is 5.90. The van der Waals surface area contributed by atoms with Crippen LogP contribution in [0.5, 0.6) is 0 Å². The molecule has 0 aliphatic rings. The summed E-state index contributed by atoms with van der Waals surface area (Å²) in [7, 11) is 0. The van der Waals surface area contributed by atoms with Crippen molar-refractivity contribution in [2.45, 2.75) is 65.5 Å². The maximum Gasteiger partial charge on any atom is 0.321 e. The normalized spacial score (nSPS) is 18.6. The van der Waals surface area contributed by atoms with Crippen molar-refractivity contribution in [1.82, 2.24) is 5.32 Å². The van der Waals surface area contributed by atoms with Gasteiger partial charge in [-0.15, -0.1) is 0 Å². The van der Waals surface area contributed by atoms with E-state index in [0.717, 1.165) is 12.8 Å². The summed E-state index contributed by atoms with van der Waals surface area (Å²) in [6.07, 6.45) is 2.08. The molecular weight excluding hydrogens is 256 g/mol. The van der Waals surface area contributed by atoms with E-state index in [0.29, 0.717) is 13.0 Å². The quantitative estimate of drug-likeness (QED) is 0.377. The number of likely N-dealkylation sites (N-methyl/N-ethyl adjacent to an activating group) is 1. The fourth-order valence-corrected chi connectivity index (χ4v) is 2.69. The zero-order chi connectivity index (χ0) is 16.0. The van der Waals surface area contributed by atoms with Gasteiger partial charge in [0.25, 0.3) is 0 Å². The molecular formula is C14H30N4O2. The van der Waals surface area contributed by atoms with Crippen LogP contribution >= 0.6 is 0 Å². The lowest BCUT2D eigenvalue weighted by Gasteiger charge is -2.40. The number of guanidine groups is 1. The molecule has 20 heavy (non-hydrogen) atoms. The Morgan fingerprint density at radius 1 is 1.25 bits per heavy atom. The summed E-state index contributed by atoms with van der Waals surface area (Å²) >= 11 is 0. The van der Waals surface area contributed by atoms with Gasteiger partial charge in [0.05, 0.1) is 5.54 Å². The van der Waals surface area contributed by atoms with Crippen LogP contribution in [0.2, 0.25) is 0 Å². The van der Waals surface area contributed by atoms with Crippen molar-refractivity contribution in [3.63, 3.8) is 0 Å². The Hall–Kier alpha value is -1.30. The summed E-state index contributed by atoms with van der Waals surface area (Å²) < 4.78 is 0. The molecule has 0 heterocycles. The highest BCUT2D eigenvalue weighted by Gasteiger charge is 2.42. The summed E-state index contributed by atoms with van der Waals surface area (Å²) in [5.74, 6) is -0.789. The third kappa shape index (κ3) is 5.00. The molecule has 3 atom stereocenters. The molecule has 6 heteroatoms. The Bertz CT molecular complexity index is 355. The Kier molecular flexibility index (Phi) is 6.99. The Morgan fingerprint density at radius 2 is 1.80 bits per heavy atom. The van der Waals surface area contributed by atoms with Gasteiger partial charge in [-0.2, -0.15) is 0 Å². The standard InChI is InChI=1S/C14H30N4O2/c1-6-13(4,10(11(19)20)17-8-3)9-14(5,7-2)18-12(15)16/h10,17H,6-9H2,1-5H3,(H,19,20)(H4,15,16,18). The van der Waals surface area contributed by atoms with Crippen molar-refractivity contribution in [1.29, 1.82) is 0 Å². The predicted octanol–water partition coefficient (Wildman–Crippen LogP) is 1.30. The maximum absolute atomic E-state index is 11.5. The number of aliphatic carboxylic acids is 1. The van der Waals surface area contributed by atoms with Gasteiger partial charge in [-0.1, -0.05) is 27.7 Å². The highest BCUT2D eigenvalue weighted by molar-refractivity contribution is 5.76. The average molecular weight is 286 g/mol. The van der Waals surface area contributed by atoms with Crippen LogP contribution in [0.25, 0.3) is 0 Å². The van der Waals surface area contributed by atoms with E-state index in [2.05, 4.69) is 10.3 Å². The van der Waals surface area contributed by atoms with Gasteiger partial charge < -0.3 is 21.9 Å². The first-order chi connectivity index (χ1) is 9.14. The zero-order valence-corrected chi connectivity index (χ0v) is 13.4. The summed E-state index contributed by atoms with van der Waals surface area (Å²) in [5.41, 5.74) is 10.1. The number of aliphatic imine (C=N–C) groups is 1. The molecule has 0 spiro atoms. The van der Waals surface area contributed by atoms with E-state index in [-0.39, 0.29) is 5.96 Å². The summed E-state index contributed by atoms with van der Waals surface area (Å²) in [4.78, 5) is 15.9. The predicted molar refractivity (Wildman–Crippen MR) is 82.6 cm³/mol. The fraction of sp³-hybridized carbons (Fsp3) is 0.857. The second kappa shape index (κ2) is 7.47. The monoisotopic (exact) mass is 286 g/mol. The van der Waals surface area contributed by atoms with Gasteiger partial charge in [-0.25, -0.2) is 4.99 Å². The fourth-order valence-electron chi connectivity index (χ4n) is 2.69. The topological polar surface area (TPSA) is 114 Å². The van der Waals surface area contributed by atoms with Crippen LogP contribution in [-0.2, 0) is 4.79 Å². The largest absolute Gasteiger partial charge is 0.480 e. The lowest BCUT2D eigenvalue weighted by atomic mass is 9.70. The number of hydrogen-bond acceptors (Lipinski definition) is 3. The number of carboxylic acids is 1. The SMILES string of the molecule is CCNC(C(=O)O)C(C)(CC)CC(C)(CC)N=C(N)N. The Labute approximate surface area is 122 Å². The van der Waals surface area contributed by atoms with Crippen molar-refractivity contribution in [2.24, 2.45) is 21.9 Å². The number of carbonyl (C=O) groups is 1. The van der Waals surface area contributed by atoms with E-state index in [1.807, 2.05) is 34.6 Å². The highest BCUT2D eigenvalue weighted by atomic mass is 16.4. The molecule has 6 N–H and O–H groups in total. The number of nitrogens with zero attached hydrogens (tertiary/aromatic N) is 1. The summed E-state index contributed by atoms with van der Waals surface area (Å²) in [6.45, 7) is 10.5. The third-order valence-corrected chi connectivity index (χ3v) is 4.11. The van der Waals surface area contributed by atoms with E-state index < -0.39 is 23.0 Å². The number of carboxylic acid groups (broad SMARTS) is 1. The van der Waals surface area contributed by atoms with E-state index in [4.69, 9.17) is 11.5 Å². The van der Waals surface area contributed by atoms with Crippen molar-refractivity contribution in [3.8, 4) is 0 Å². The third-order valence-electron chi connectivity index (χ3n) is 4.11. The lowest BCUT2D eigenvalue weighted by Crippen LogP contribution is -2.51. The van der Waals surface area contributed by atoms with Crippen LogP contribution in [-0.4, -0.2) is 35.2 Å². The van der Waals surface area contributed by atoms with Crippen molar-refractivity contribution in [2.75, 3.05) is 6.54 Å². The summed E-state index contributed by atoms with van der Waals surface area (Å²) in [6, 6.07) is -0.613. The molecule has 3 unspecified atom stereocenters. The van der Waals surface area contributed by atoms with E-state index in [9.17, 15) is 9.90 Å². The van der Waals surface area contributed by atoms with Crippen molar-refractivity contribution in [3.05, 3.63) is 0 Å². The molecule has 0 bridgehead atoms. The summed E-state index contributed by atoms with van der Waals surface area (Å²) in [5, 5.41) is 12.5. The van der Waals surface area contributed by atoms with Gasteiger partial charge in [0.15, 0.2) is 5.96 Å². The lowest BCUT2D eigenvalue weighted by molar-refractivity contribution is -0.143. The first kappa shape index (κ1) is 18.7. The van der Waals surface area contributed by atoms with Crippen molar-refractivity contribution >= 4 is 11.9 Å². The molecule has 118 valence electrons. The molecule has 0 aromatic carbocycles. The molecule has 0 aromatic rings. The maximum atomic E-state index is 11.5. The van der Waals surface area contributed by atoms with Gasteiger partial charge in [-0.05, 0) is 38.1 Å². The molecule has 0 radical (unpaired) electrons. The molecule has 0 aliphatic carbocycles. The number of hydrogen-bond donors (Lipinski definition) is 4. The van der Waals surface area contributed by atoms with E-state index in [1.54, 1.807) is 0 Å². The van der Waals surface area contributed by atoms with Gasteiger partial charge in [-0.3, -0.25) is 4.79 Å². The molecule has 0 saturated carbocycles. The van der Waals surface area contributed by atoms with Crippen LogP contribution in [0.15, 0.2) is 4.99 Å². The van der Waals surface area contributed by atoms with Gasteiger partial charge in [0.2, 0.25) is 0 Å². The Morgan fingerprint density at radius 3 is 2.10 bits per heavy atom. The van der Waals surface area contributed by atoms with Crippen LogP contribution < -0.4 is 16.8 Å². The highest BCUT2D eigenvalue weighted by Crippen LogP contribution is 2.38. The van der Waals surface area contributed by atoms with Crippen LogP contribution in [0, 0.1) is 5.41 Å². The van der Waals surface area contributed by atoms with Crippen LogP contribution in [0.1, 0.15) is 53.9 Å². The average Bonchev–Trinajstić information content (AvgIpc) is 2.34. The zero-order valence-electron chi connectivity index (χ0n) is 13.4. The minimum atomic E-state index is -0.834. The van der Waals surface area contributed by atoms with Gasteiger partial charge in [0.1, 0.15) is 6.04 Å². The molecule has 0 saturated heterocycles. The van der Waals surface area contributed by atoms with Gasteiger partial charge in [0, 0.05) is 0 Å². The van der Waals surface area contributed by atoms with E-state index >= 15 is 0 Å². The van der Waals surface area contributed by atoms with Crippen molar-refractivity contribution < 1.29 is 9.90 Å². The molecule has 0 amide bonds. The molecule has 0 fully saturated rings. The first-order valence-electron chi connectivity index (χ1n) is 7.21. The molecule has 0 aliphatic heterocycles. The second-order valence-corrected chi connectivity index (χ2v) is 5.90. The smallest absolute Gasteiger partial charge is 0.321 e.